The molecule has 0 radical (unpaired) electrons. The van der Waals surface area contributed by atoms with E-state index < -0.39 is 0 Å². The van der Waals surface area contributed by atoms with Crippen LogP contribution < -0.4 is 0 Å². The second kappa shape index (κ2) is 9.07. The van der Waals surface area contributed by atoms with Crippen molar-refractivity contribution in [3.05, 3.63) is 34.9 Å². The Bertz CT molecular complexity index is 470. The molecule has 1 N–H and O–H groups in total. The summed E-state index contributed by atoms with van der Waals surface area (Å²) in [6.07, 6.45) is 3.17. The summed E-state index contributed by atoms with van der Waals surface area (Å²) in [4.78, 5) is 2.36. The van der Waals surface area contributed by atoms with E-state index in [0.29, 0.717) is 12.7 Å². The molecule has 0 bridgehead atoms. The lowest BCUT2D eigenvalue weighted by Gasteiger charge is -2.30. The predicted octanol–water partition coefficient (Wildman–Crippen LogP) is 2.55. The zero-order chi connectivity index (χ0) is 14.9. The first kappa shape index (κ1) is 16.3. The second-order valence-electron chi connectivity index (χ2n) is 5.23. The summed E-state index contributed by atoms with van der Waals surface area (Å²) in [6.45, 7) is 3.72. The van der Waals surface area contributed by atoms with Gasteiger partial charge in [-0.1, -0.05) is 23.4 Å². The predicted molar refractivity (Wildman–Crippen MR) is 85.4 cm³/mol. The van der Waals surface area contributed by atoms with Gasteiger partial charge in [-0.15, -0.1) is 0 Å². The van der Waals surface area contributed by atoms with Gasteiger partial charge in [-0.2, -0.15) is 0 Å². The highest BCUT2D eigenvalue weighted by Crippen LogP contribution is 2.13. The average molecular weight is 308 g/mol. The highest BCUT2D eigenvalue weighted by molar-refractivity contribution is 6.30. The fraction of sp³-hybridized carbons (Fsp3) is 0.529. The van der Waals surface area contributed by atoms with Crippen LogP contribution in [0.15, 0.2) is 24.3 Å². The molecular weight excluding hydrogens is 286 g/mol. The van der Waals surface area contributed by atoms with E-state index in [1.54, 1.807) is 0 Å². The van der Waals surface area contributed by atoms with Gasteiger partial charge in [-0.05, 0) is 43.5 Å². The van der Waals surface area contributed by atoms with Crippen molar-refractivity contribution in [2.24, 2.45) is 0 Å². The molecule has 1 saturated heterocycles. The first-order valence-electron chi connectivity index (χ1n) is 7.47. The average Bonchev–Trinajstić information content (AvgIpc) is 2.51. The van der Waals surface area contributed by atoms with Crippen LogP contribution in [-0.2, 0) is 4.74 Å². The molecule has 0 saturated carbocycles. The van der Waals surface area contributed by atoms with Crippen LogP contribution in [0.25, 0.3) is 0 Å². The summed E-state index contributed by atoms with van der Waals surface area (Å²) in [6, 6.07) is 7.61. The summed E-state index contributed by atoms with van der Waals surface area (Å²) < 4.78 is 5.72. The lowest BCUT2D eigenvalue weighted by molar-refractivity contribution is 0.00471. The maximum Gasteiger partial charge on any atom is 0.0605 e. The summed E-state index contributed by atoms with van der Waals surface area (Å²) >= 11 is 5.84. The van der Waals surface area contributed by atoms with E-state index in [9.17, 15) is 0 Å². The summed E-state index contributed by atoms with van der Waals surface area (Å²) in [5.41, 5.74) is 1.00. The number of benzene rings is 1. The molecule has 114 valence electrons. The number of likely N-dealkylation sites (tertiary alicyclic amines) is 1. The third kappa shape index (κ3) is 6.07. The summed E-state index contributed by atoms with van der Waals surface area (Å²) in [5, 5.41) is 9.47. The van der Waals surface area contributed by atoms with Crippen LogP contribution in [0.5, 0.6) is 0 Å². The first-order valence-corrected chi connectivity index (χ1v) is 7.85. The second-order valence-corrected chi connectivity index (χ2v) is 5.67. The number of ether oxygens (including phenoxy) is 1. The molecule has 0 aliphatic carbocycles. The molecule has 1 aromatic rings. The topological polar surface area (TPSA) is 32.7 Å². The molecule has 3 nitrogen and oxygen atoms in total. The quantitative estimate of drug-likeness (QED) is 0.670. The maximum atomic E-state index is 8.73. The molecule has 0 atom stereocenters. The minimum Gasteiger partial charge on any atom is -0.396 e. The number of aliphatic hydroxyl groups excluding tert-OH is 1. The lowest BCUT2D eigenvalue weighted by Crippen LogP contribution is -2.37. The molecule has 2 rings (SSSR count). The maximum absolute atomic E-state index is 8.73. The van der Waals surface area contributed by atoms with Gasteiger partial charge in [0.1, 0.15) is 0 Å². The van der Waals surface area contributed by atoms with Gasteiger partial charge in [0, 0.05) is 36.9 Å². The molecule has 0 amide bonds. The van der Waals surface area contributed by atoms with Gasteiger partial charge in [-0.25, -0.2) is 0 Å². The third-order valence-corrected chi connectivity index (χ3v) is 3.82. The zero-order valence-corrected chi connectivity index (χ0v) is 13.0. The van der Waals surface area contributed by atoms with Gasteiger partial charge in [0.2, 0.25) is 0 Å². The van der Waals surface area contributed by atoms with E-state index in [1.165, 1.54) is 0 Å². The molecule has 1 aromatic carbocycles. The smallest absolute Gasteiger partial charge is 0.0605 e. The largest absolute Gasteiger partial charge is 0.396 e. The van der Waals surface area contributed by atoms with E-state index in [1.807, 2.05) is 24.3 Å². The fourth-order valence-electron chi connectivity index (χ4n) is 2.34. The Kier molecular flexibility index (Phi) is 7.05. The number of hydrogen-bond acceptors (Lipinski definition) is 3. The minimum absolute atomic E-state index is 0.207. The van der Waals surface area contributed by atoms with Crippen molar-refractivity contribution in [1.82, 2.24) is 4.90 Å². The zero-order valence-electron chi connectivity index (χ0n) is 12.2. The first-order chi connectivity index (χ1) is 10.3. The van der Waals surface area contributed by atoms with E-state index in [-0.39, 0.29) is 6.61 Å². The summed E-state index contributed by atoms with van der Waals surface area (Å²) in [7, 11) is 0. The van der Waals surface area contributed by atoms with Crippen LogP contribution in [-0.4, -0.2) is 49.0 Å². The van der Waals surface area contributed by atoms with E-state index >= 15 is 0 Å². The number of hydrogen-bond donors (Lipinski definition) is 1. The molecule has 1 fully saturated rings. The number of halogens is 1. The van der Waals surface area contributed by atoms with Crippen molar-refractivity contribution in [2.45, 2.75) is 25.4 Å². The Balaban J connectivity index is 1.68. The van der Waals surface area contributed by atoms with Crippen LogP contribution >= 0.6 is 11.6 Å². The highest BCUT2D eigenvalue weighted by Gasteiger charge is 2.18. The monoisotopic (exact) mass is 307 g/mol. The molecule has 0 unspecified atom stereocenters. The Morgan fingerprint density at radius 1 is 1.24 bits per heavy atom. The molecule has 4 heteroatoms. The van der Waals surface area contributed by atoms with Crippen LogP contribution in [0.1, 0.15) is 24.8 Å². The van der Waals surface area contributed by atoms with Gasteiger partial charge >= 0.3 is 0 Å². The Hall–Kier alpha value is -1.05. The minimum atomic E-state index is 0.207. The van der Waals surface area contributed by atoms with Crippen molar-refractivity contribution < 1.29 is 9.84 Å². The summed E-state index contributed by atoms with van der Waals surface area (Å²) in [5.74, 6) is 6.38. The molecule has 1 aliphatic rings. The van der Waals surface area contributed by atoms with Crippen molar-refractivity contribution in [2.75, 3.05) is 32.8 Å². The van der Waals surface area contributed by atoms with Crippen molar-refractivity contribution in [3.63, 3.8) is 0 Å². The Labute approximate surface area is 131 Å². The van der Waals surface area contributed by atoms with Crippen LogP contribution in [0.3, 0.4) is 0 Å². The number of piperidine rings is 1. The van der Waals surface area contributed by atoms with E-state index in [4.69, 9.17) is 21.4 Å². The lowest BCUT2D eigenvalue weighted by atomic mass is 10.1. The molecule has 0 spiro atoms. The van der Waals surface area contributed by atoms with Crippen molar-refractivity contribution in [3.8, 4) is 11.8 Å². The van der Waals surface area contributed by atoms with Gasteiger partial charge < -0.3 is 9.84 Å². The van der Waals surface area contributed by atoms with Gasteiger partial charge in [-0.3, -0.25) is 4.90 Å². The van der Waals surface area contributed by atoms with E-state index in [0.717, 1.165) is 49.5 Å². The molecule has 1 heterocycles. The number of aliphatic hydroxyl groups is 1. The van der Waals surface area contributed by atoms with E-state index in [2.05, 4.69) is 16.7 Å². The van der Waals surface area contributed by atoms with Gasteiger partial charge in [0.05, 0.1) is 12.6 Å². The SMILES string of the molecule is OCCCOC1CCN(CC#Cc2ccc(Cl)cc2)CC1. The standard InChI is InChI=1S/C17H22ClNO2/c18-16-6-4-15(5-7-16)3-1-10-19-11-8-17(9-12-19)21-14-2-13-20/h4-7,17,20H,2,8-14H2. The molecule has 1 aliphatic heterocycles. The highest BCUT2D eigenvalue weighted by atomic mass is 35.5. The number of nitrogens with zero attached hydrogens (tertiary/aromatic N) is 1. The molecule has 21 heavy (non-hydrogen) atoms. The van der Waals surface area contributed by atoms with Crippen LogP contribution in [0.2, 0.25) is 5.02 Å². The van der Waals surface area contributed by atoms with Gasteiger partial charge in [0.25, 0.3) is 0 Å². The molecule has 0 aromatic heterocycles. The molecular formula is C17H22ClNO2. The van der Waals surface area contributed by atoms with Crippen LogP contribution in [0.4, 0.5) is 0 Å². The third-order valence-electron chi connectivity index (χ3n) is 3.57. The fourth-order valence-corrected chi connectivity index (χ4v) is 2.46. The van der Waals surface area contributed by atoms with Crippen molar-refractivity contribution in [1.29, 1.82) is 0 Å². The number of rotatable bonds is 5. The van der Waals surface area contributed by atoms with Crippen LogP contribution in [0, 0.1) is 11.8 Å². The Morgan fingerprint density at radius 2 is 1.95 bits per heavy atom. The Morgan fingerprint density at radius 3 is 2.62 bits per heavy atom. The van der Waals surface area contributed by atoms with Crippen molar-refractivity contribution >= 4 is 11.6 Å². The van der Waals surface area contributed by atoms with Gasteiger partial charge in [0.15, 0.2) is 0 Å². The normalized spacial score (nSPS) is 16.5.